The summed E-state index contributed by atoms with van der Waals surface area (Å²) in [6, 6.07) is 56.7. The van der Waals surface area contributed by atoms with Gasteiger partial charge in [0.15, 0.2) is 7.14 Å². The maximum atomic E-state index is 16.3. The molecule has 0 saturated heterocycles. The van der Waals surface area contributed by atoms with Crippen LogP contribution in [-0.4, -0.2) is 9.38 Å². The molecule has 10 rings (SSSR count). The largest absolute Gasteiger partial charge is 0.309 e. The van der Waals surface area contributed by atoms with E-state index >= 15 is 4.57 Å². The van der Waals surface area contributed by atoms with Crippen LogP contribution in [-0.2, 0) is 4.57 Å². The standard InChI is InChI=1S/C43H27N2OP/c46-47(32-22-20-28-10-1-2-13-31(28)26-32,41-19-9-14-29-11-3-5-15-34(29)41)33-23-25-39-37(27-33)36-24-21-30-12-4-6-16-35(30)42(36)43-44-38-17-7-8-18-40(38)45(39)43/h1-27H. The molecule has 0 amide bonds. The number of imidazole rings is 1. The Bertz CT molecular complexity index is 2950. The highest BCUT2D eigenvalue weighted by atomic mass is 31.2. The molecule has 1 unspecified atom stereocenters. The van der Waals surface area contributed by atoms with E-state index in [0.717, 1.165) is 81.2 Å². The second-order valence-corrected chi connectivity index (χ2v) is 15.0. The van der Waals surface area contributed by atoms with Crippen LogP contribution in [0.2, 0.25) is 0 Å². The van der Waals surface area contributed by atoms with Gasteiger partial charge in [0.2, 0.25) is 0 Å². The van der Waals surface area contributed by atoms with Crippen LogP contribution in [0.1, 0.15) is 0 Å². The Labute approximate surface area is 270 Å². The van der Waals surface area contributed by atoms with Gasteiger partial charge in [-0.3, -0.25) is 4.40 Å². The van der Waals surface area contributed by atoms with Crippen molar-refractivity contribution in [3.63, 3.8) is 0 Å². The molecule has 220 valence electrons. The van der Waals surface area contributed by atoms with E-state index in [0.29, 0.717) is 0 Å². The highest BCUT2D eigenvalue weighted by Crippen LogP contribution is 2.46. The summed E-state index contributed by atoms with van der Waals surface area (Å²) in [6.45, 7) is 0. The Morgan fingerprint density at radius 3 is 1.96 bits per heavy atom. The quantitative estimate of drug-likeness (QED) is 0.146. The van der Waals surface area contributed by atoms with Crippen LogP contribution in [0.15, 0.2) is 164 Å². The van der Waals surface area contributed by atoms with Crippen molar-refractivity contribution in [2.75, 3.05) is 0 Å². The minimum absolute atomic E-state index is 0.815. The minimum Gasteiger partial charge on any atom is -0.309 e. The van der Waals surface area contributed by atoms with Crippen molar-refractivity contribution < 1.29 is 4.57 Å². The first-order chi connectivity index (χ1) is 23.2. The van der Waals surface area contributed by atoms with Gasteiger partial charge in [0.25, 0.3) is 0 Å². The van der Waals surface area contributed by atoms with Gasteiger partial charge in [-0.05, 0) is 74.1 Å². The summed E-state index contributed by atoms with van der Waals surface area (Å²) in [6.07, 6.45) is 0. The SMILES string of the molecule is O=P(c1ccc2ccccc2c1)(c1ccc2c(c1)c1ccc3ccccc3c1c1nc3ccccc3n21)c1cccc2ccccc12. The summed E-state index contributed by atoms with van der Waals surface area (Å²) in [4.78, 5) is 5.18. The van der Waals surface area contributed by atoms with Gasteiger partial charge >= 0.3 is 0 Å². The number of benzene rings is 8. The number of rotatable bonds is 3. The number of nitrogens with zero attached hydrogens (tertiary/aromatic N) is 2. The second-order valence-electron chi connectivity index (χ2n) is 12.3. The minimum atomic E-state index is -3.38. The van der Waals surface area contributed by atoms with Crippen LogP contribution in [0.4, 0.5) is 0 Å². The topological polar surface area (TPSA) is 34.4 Å². The third-order valence-corrected chi connectivity index (χ3v) is 12.9. The van der Waals surface area contributed by atoms with Crippen molar-refractivity contribution in [2.45, 2.75) is 0 Å². The van der Waals surface area contributed by atoms with Gasteiger partial charge in [0.05, 0.1) is 16.6 Å². The van der Waals surface area contributed by atoms with E-state index in [1.54, 1.807) is 0 Å². The van der Waals surface area contributed by atoms with E-state index in [9.17, 15) is 0 Å². The Hall–Kier alpha value is -5.76. The molecule has 0 aliphatic heterocycles. The summed E-state index contributed by atoms with van der Waals surface area (Å²) >= 11 is 0. The van der Waals surface area contributed by atoms with Gasteiger partial charge in [0.1, 0.15) is 5.65 Å². The van der Waals surface area contributed by atoms with Crippen LogP contribution in [0.5, 0.6) is 0 Å². The predicted molar refractivity (Wildman–Crippen MR) is 200 cm³/mol. The lowest BCUT2D eigenvalue weighted by Crippen LogP contribution is -2.25. The maximum absolute atomic E-state index is 16.3. The Morgan fingerprint density at radius 1 is 0.447 bits per heavy atom. The van der Waals surface area contributed by atoms with Crippen molar-refractivity contribution in [1.29, 1.82) is 0 Å². The third-order valence-electron chi connectivity index (χ3n) is 9.79. The Morgan fingerprint density at radius 2 is 1.09 bits per heavy atom. The van der Waals surface area contributed by atoms with Gasteiger partial charge < -0.3 is 4.57 Å². The van der Waals surface area contributed by atoms with E-state index in [2.05, 4.69) is 132 Å². The fourth-order valence-electron chi connectivity index (χ4n) is 7.59. The normalized spacial score (nSPS) is 13.4. The molecular weight excluding hydrogens is 591 g/mol. The molecule has 0 aliphatic rings. The van der Waals surface area contributed by atoms with E-state index < -0.39 is 7.14 Å². The molecule has 0 bridgehead atoms. The average molecular weight is 619 g/mol. The number of hydrogen-bond acceptors (Lipinski definition) is 2. The Balaban J connectivity index is 1.37. The molecule has 3 nitrogen and oxygen atoms in total. The molecule has 0 fully saturated rings. The number of para-hydroxylation sites is 2. The van der Waals surface area contributed by atoms with Crippen LogP contribution < -0.4 is 15.9 Å². The van der Waals surface area contributed by atoms with Gasteiger partial charge in [-0.2, -0.15) is 0 Å². The third kappa shape index (κ3) is 3.75. The van der Waals surface area contributed by atoms with Crippen LogP contribution in [0.25, 0.3) is 70.7 Å². The molecule has 0 saturated carbocycles. The number of pyridine rings is 1. The molecule has 0 spiro atoms. The van der Waals surface area contributed by atoms with Gasteiger partial charge in [0, 0.05) is 26.7 Å². The molecular formula is C43H27N2OP. The van der Waals surface area contributed by atoms with Gasteiger partial charge in [-0.1, -0.05) is 127 Å². The van der Waals surface area contributed by atoms with Crippen LogP contribution in [0.3, 0.4) is 0 Å². The highest BCUT2D eigenvalue weighted by Gasteiger charge is 2.32. The van der Waals surface area contributed by atoms with Crippen molar-refractivity contribution in [3.8, 4) is 0 Å². The lowest BCUT2D eigenvalue weighted by molar-refractivity contribution is 0.592. The van der Waals surface area contributed by atoms with Crippen molar-refractivity contribution >= 4 is 93.7 Å². The van der Waals surface area contributed by atoms with Crippen molar-refractivity contribution in [3.05, 3.63) is 164 Å². The monoisotopic (exact) mass is 618 g/mol. The summed E-state index contributed by atoms with van der Waals surface area (Å²) in [5.74, 6) is 0. The first kappa shape index (κ1) is 26.5. The first-order valence-corrected chi connectivity index (χ1v) is 17.6. The molecule has 0 N–H and O–H groups in total. The fraction of sp³-hybridized carbons (Fsp3) is 0. The lowest BCUT2D eigenvalue weighted by atomic mass is 9.99. The summed E-state index contributed by atoms with van der Waals surface area (Å²) in [5.41, 5.74) is 3.99. The highest BCUT2D eigenvalue weighted by molar-refractivity contribution is 7.85. The predicted octanol–water partition coefficient (Wildman–Crippen LogP) is 9.89. The first-order valence-electron chi connectivity index (χ1n) is 15.9. The summed E-state index contributed by atoms with van der Waals surface area (Å²) in [7, 11) is -3.38. The number of fused-ring (bicyclic) bond motifs is 12. The molecule has 0 radical (unpaired) electrons. The molecule has 4 heteroatoms. The zero-order chi connectivity index (χ0) is 31.1. The van der Waals surface area contributed by atoms with Crippen molar-refractivity contribution in [1.82, 2.24) is 9.38 Å². The summed E-state index contributed by atoms with van der Waals surface area (Å²) in [5, 5.41) is 12.4. The zero-order valence-electron chi connectivity index (χ0n) is 25.3. The zero-order valence-corrected chi connectivity index (χ0v) is 26.2. The molecule has 2 aromatic heterocycles. The van der Waals surface area contributed by atoms with Crippen LogP contribution >= 0.6 is 7.14 Å². The summed E-state index contributed by atoms with van der Waals surface area (Å²) < 4.78 is 18.6. The molecule has 0 aliphatic carbocycles. The molecule has 2 heterocycles. The average Bonchev–Trinajstić information content (AvgIpc) is 3.53. The fourth-order valence-corrected chi connectivity index (χ4v) is 10.5. The van der Waals surface area contributed by atoms with Gasteiger partial charge in [-0.25, -0.2) is 4.98 Å². The second kappa shape index (κ2) is 9.87. The smallest absolute Gasteiger partial charge is 0.171 e. The Kier molecular flexibility index (Phi) is 5.55. The molecule has 10 aromatic rings. The van der Waals surface area contributed by atoms with E-state index in [1.165, 1.54) is 5.39 Å². The lowest BCUT2D eigenvalue weighted by Gasteiger charge is -2.23. The van der Waals surface area contributed by atoms with E-state index in [4.69, 9.17) is 4.98 Å². The molecule has 1 atom stereocenters. The van der Waals surface area contributed by atoms with Crippen molar-refractivity contribution in [2.24, 2.45) is 0 Å². The molecule has 47 heavy (non-hydrogen) atoms. The van der Waals surface area contributed by atoms with E-state index in [1.807, 2.05) is 36.4 Å². The maximum Gasteiger partial charge on any atom is 0.171 e. The van der Waals surface area contributed by atoms with Gasteiger partial charge in [-0.15, -0.1) is 0 Å². The van der Waals surface area contributed by atoms with E-state index in [-0.39, 0.29) is 0 Å². The number of hydrogen-bond donors (Lipinski definition) is 0. The van der Waals surface area contributed by atoms with Crippen LogP contribution in [0, 0.1) is 0 Å². The number of aromatic nitrogens is 2. The molecule has 8 aromatic carbocycles.